The van der Waals surface area contributed by atoms with Gasteiger partial charge in [-0.2, -0.15) is 0 Å². The van der Waals surface area contributed by atoms with Crippen LogP contribution in [0, 0.1) is 5.92 Å². The summed E-state index contributed by atoms with van der Waals surface area (Å²) in [6.45, 7) is 3.91. The Kier molecular flexibility index (Phi) is 2.68. The number of hydrogen-bond donors (Lipinski definition) is 1. The van der Waals surface area contributed by atoms with Crippen LogP contribution >= 0.6 is 0 Å². The van der Waals surface area contributed by atoms with Crippen LogP contribution in [0.25, 0.3) is 0 Å². The number of esters is 1. The van der Waals surface area contributed by atoms with E-state index in [1.807, 2.05) is 0 Å². The maximum atomic E-state index is 11.1. The maximum Gasteiger partial charge on any atom is 0.328 e. The van der Waals surface area contributed by atoms with E-state index in [-0.39, 0.29) is 17.8 Å². The predicted molar refractivity (Wildman–Crippen MR) is 42.3 cm³/mol. The highest BCUT2D eigenvalue weighted by atomic mass is 16.5. The van der Waals surface area contributed by atoms with Gasteiger partial charge in [-0.1, -0.05) is 6.92 Å². The minimum Gasteiger partial charge on any atom is -0.464 e. The summed E-state index contributed by atoms with van der Waals surface area (Å²) in [4.78, 5) is 22.1. The molecule has 4 nitrogen and oxygen atoms in total. The van der Waals surface area contributed by atoms with Gasteiger partial charge in [-0.3, -0.25) is 4.79 Å². The zero-order valence-corrected chi connectivity index (χ0v) is 7.29. The fourth-order valence-electron chi connectivity index (χ4n) is 1.23. The van der Waals surface area contributed by atoms with Crippen molar-refractivity contribution < 1.29 is 14.3 Å². The molecular formula is C8H13NO3. The fraction of sp³-hybridized carbons (Fsp3) is 0.750. The summed E-state index contributed by atoms with van der Waals surface area (Å²) in [6.07, 6.45) is 0.553. The molecule has 0 aromatic heterocycles. The zero-order chi connectivity index (χ0) is 9.14. The van der Waals surface area contributed by atoms with Crippen LogP contribution < -0.4 is 5.32 Å². The van der Waals surface area contributed by atoms with Gasteiger partial charge in [0.15, 0.2) is 0 Å². The average molecular weight is 171 g/mol. The Hall–Kier alpha value is -1.06. The monoisotopic (exact) mass is 171 g/mol. The van der Waals surface area contributed by atoms with Gasteiger partial charge in [0.05, 0.1) is 6.61 Å². The molecule has 0 bridgehead atoms. The van der Waals surface area contributed by atoms with E-state index >= 15 is 0 Å². The van der Waals surface area contributed by atoms with Crippen molar-refractivity contribution in [3.05, 3.63) is 0 Å². The molecule has 1 saturated heterocycles. The van der Waals surface area contributed by atoms with E-state index in [0.29, 0.717) is 13.0 Å². The van der Waals surface area contributed by atoms with Crippen molar-refractivity contribution in [2.24, 2.45) is 5.92 Å². The summed E-state index contributed by atoms with van der Waals surface area (Å²) in [5.41, 5.74) is 0. The normalized spacial score (nSPS) is 28.3. The second kappa shape index (κ2) is 3.56. The summed E-state index contributed by atoms with van der Waals surface area (Å²) in [5.74, 6) is -0.456. The first kappa shape index (κ1) is 9.03. The summed E-state index contributed by atoms with van der Waals surface area (Å²) in [5, 5.41) is 2.57. The molecule has 0 radical (unpaired) electrons. The lowest BCUT2D eigenvalue weighted by molar-refractivity contribution is -0.145. The summed E-state index contributed by atoms with van der Waals surface area (Å²) >= 11 is 0. The van der Waals surface area contributed by atoms with Gasteiger partial charge in [0.25, 0.3) is 0 Å². The minimum absolute atomic E-state index is 0.0620. The molecule has 0 aliphatic carbocycles. The molecule has 0 spiro atoms. The number of carbonyl (C=O) groups is 2. The van der Waals surface area contributed by atoms with Crippen LogP contribution in [0.2, 0.25) is 0 Å². The van der Waals surface area contributed by atoms with Gasteiger partial charge in [0, 0.05) is 5.92 Å². The average Bonchev–Trinajstić information content (AvgIpc) is 2.33. The molecule has 0 aromatic carbocycles. The lowest BCUT2D eigenvalue weighted by Crippen LogP contribution is -2.34. The van der Waals surface area contributed by atoms with E-state index in [4.69, 9.17) is 4.74 Å². The van der Waals surface area contributed by atoms with Crippen LogP contribution in [-0.2, 0) is 14.3 Å². The van der Waals surface area contributed by atoms with Crippen LogP contribution in [0.15, 0.2) is 0 Å². The van der Waals surface area contributed by atoms with Gasteiger partial charge in [-0.25, -0.2) is 4.79 Å². The third kappa shape index (κ3) is 1.75. The molecular weight excluding hydrogens is 158 g/mol. The summed E-state index contributed by atoms with van der Waals surface area (Å²) < 4.78 is 4.77. The summed E-state index contributed by atoms with van der Waals surface area (Å²) in [6, 6.07) is -0.424. The Bertz CT molecular complexity index is 202. The Balaban J connectivity index is 2.46. The number of hydrogen-bond acceptors (Lipinski definition) is 3. The molecule has 1 N–H and O–H groups in total. The van der Waals surface area contributed by atoms with Crippen molar-refractivity contribution in [3.63, 3.8) is 0 Å². The third-order valence-corrected chi connectivity index (χ3v) is 1.92. The van der Waals surface area contributed by atoms with E-state index in [9.17, 15) is 9.59 Å². The van der Waals surface area contributed by atoms with Crippen molar-refractivity contribution >= 4 is 11.9 Å². The standard InChI is InChI=1S/C8H13NO3/c1-3-12-8(11)6-4-5(2)7(10)9-6/h5-6H,3-4H2,1-2H3,(H,9,10)/t5?,6-/m1/s1. The Labute approximate surface area is 71.3 Å². The second-order valence-corrected chi connectivity index (χ2v) is 2.95. The molecule has 1 rings (SSSR count). The van der Waals surface area contributed by atoms with Crippen LogP contribution in [0.1, 0.15) is 20.3 Å². The lowest BCUT2D eigenvalue weighted by atomic mass is 10.1. The molecule has 1 fully saturated rings. The van der Waals surface area contributed by atoms with Gasteiger partial charge in [-0.05, 0) is 13.3 Å². The first-order valence-electron chi connectivity index (χ1n) is 4.12. The third-order valence-electron chi connectivity index (χ3n) is 1.92. The zero-order valence-electron chi connectivity index (χ0n) is 7.29. The van der Waals surface area contributed by atoms with Gasteiger partial charge in [0.1, 0.15) is 6.04 Å². The number of rotatable bonds is 2. The second-order valence-electron chi connectivity index (χ2n) is 2.95. The molecule has 0 aromatic rings. The molecule has 2 atom stereocenters. The number of nitrogens with one attached hydrogen (secondary N) is 1. The van der Waals surface area contributed by atoms with Gasteiger partial charge in [0.2, 0.25) is 5.91 Å². The van der Waals surface area contributed by atoms with E-state index in [1.165, 1.54) is 0 Å². The van der Waals surface area contributed by atoms with Crippen molar-refractivity contribution in [1.29, 1.82) is 0 Å². The van der Waals surface area contributed by atoms with Crippen LogP contribution in [-0.4, -0.2) is 24.5 Å². The molecule has 68 valence electrons. The van der Waals surface area contributed by atoms with Crippen LogP contribution in [0.3, 0.4) is 0 Å². The maximum absolute atomic E-state index is 11.1. The van der Waals surface area contributed by atoms with E-state index < -0.39 is 6.04 Å². The number of ether oxygens (including phenoxy) is 1. The van der Waals surface area contributed by atoms with Gasteiger partial charge in [-0.15, -0.1) is 0 Å². The Morgan fingerprint density at radius 2 is 2.42 bits per heavy atom. The van der Waals surface area contributed by atoms with Crippen LogP contribution in [0.5, 0.6) is 0 Å². The number of carbonyl (C=O) groups excluding carboxylic acids is 2. The predicted octanol–water partition coefficient (Wildman–Crippen LogP) is 0.0741. The first-order valence-corrected chi connectivity index (χ1v) is 4.12. The van der Waals surface area contributed by atoms with E-state index in [2.05, 4.69) is 5.32 Å². The molecule has 1 aliphatic heterocycles. The molecule has 12 heavy (non-hydrogen) atoms. The van der Waals surface area contributed by atoms with E-state index in [1.54, 1.807) is 13.8 Å². The molecule has 1 aliphatic rings. The van der Waals surface area contributed by atoms with Crippen molar-refractivity contribution in [1.82, 2.24) is 5.32 Å². The SMILES string of the molecule is CCOC(=O)[C@H]1CC(C)C(=O)N1. The summed E-state index contributed by atoms with van der Waals surface area (Å²) in [7, 11) is 0. The molecule has 1 unspecified atom stereocenters. The highest BCUT2D eigenvalue weighted by molar-refractivity contribution is 5.89. The smallest absolute Gasteiger partial charge is 0.328 e. The van der Waals surface area contributed by atoms with Crippen molar-refractivity contribution in [2.75, 3.05) is 6.61 Å². The quantitative estimate of drug-likeness (QED) is 0.598. The van der Waals surface area contributed by atoms with Gasteiger partial charge >= 0.3 is 5.97 Å². The highest BCUT2D eigenvalue weighted by Crippen LogP contribution is 2.15. The van der Waals surface area contributed by atoms with Crippen LogP contribution in [0.4, 0.5) is 0 Å². The largest absolute Gasteiger partial charge is 0.464 e. The Morgan fingerprint density at radius 3 is 2.83 bits per heavy atom. The van der Waals surface area contributed by atoms with Gasteiger partial charge < -0.3 is 10.1 Å². The van der Waals surface area contributed by atoms with E-state index in [0.717, 1.165) is 0 Å². The molecule has 1 heterocycles. The topological polar surface area (TPSA) is 55.4 Å². The molecule has 1 amide bonds. The molecule has 4 heteroatoms. The van der Waals surface area contributed by atoms with Crippen molar-refractivity contribution in [3.8, 4) is 0 Å². The Morgan fingerprint density at radius 1 is 1.75 bits per heavy atom. The molecule has 0 saturated carbocycles. The first-order chi connectivity index (χ1) is 5.65. The minimum atomic E-state index is -0.424. The fourth-order valence-corrected chi connectivity index (χ4v) is 1.23. The van der Waals surface area contributed by atoms with Crippen molar-refractivity contribution in [2.45, 2.75) is 26.3 Å². The highest BCUT2D eigenvalue weighted by Gasteiger charge is 2.33. The lowest BCUT2D eigenvalue weighted by Gasteiger charge is -2.07. The number of amides is 1.